The van der Waals surface area contributed by atoms with Gasteiger partial charge in [-0.25, -0.2) is 9.98 Å². The molecule has 2 aromatic rings. The molecule has 0 radical (unpaired) electrons. The zero-order valence-corrected chi connectivity index (χ0v) is 18.2. The summed E-state index contributed by atoms with van der Waals surface area (Å²) in [6, 6.07) is 16.9. The zero-order chi connectivity index (χ0) is 21.1. The second-order valence-corrected chi connectivity index (χ2v) is 8.62. The van der Waals surface area contributed by atoms with Crippen molar-refractivity contribution in [2.75, 3.05) is 13.2 Å². The van der Waals surface area contributed by atoms with Gasteiger partial charge in [0.05, 0.1) is 12.1 Å². The Morgan fingerprint density at radius 3 is 1.47 bits per heavy atom. The molecule has 4 nitrogen and oxygen atoms in total. The SMILES string of the molecule is CC(C)C1COC(c2ccccc2C=Cc2ccccc2C2=NC(C(C)C)CO2)=N1. The number of rotatable bonds is 6. The Hall–Kier alpha value is -2.88. The van der Waals surface area contributed by atoms with Gasteiger partial charge >= 0.3 is 0 Å². The number of nitrogens with zero attached hydrogens (tertiary/aromatic N) is 2. The van der Waals surface area contributed by atoms with E-state index in [0.717, 1.165) is 34.0 Å². The Morgan fingerprint density at radius 1 is 0.700 bits per heavy atom. The average molecular weight is 403 g/mol. The summed E-state index contributed by atoms with van der Waals surface area (Å²) >= 11 is 0. The summed E-state index contributed by atoms with van der Waals surface area (Å²) in [5.41, 5.74) is 4.24. The van der Waals surface area contributed by atoms with Crippen molar-refractivity contribution in [2.45, 2.75) is 39.8 Å². The lowest BCUT2D eigenvalue weighted by Gasteiger charge is -2.07. The van der Waals surface area contributed by atoms with Crippen LogP contribution in [-0.4, -0.2) is 37.1 Å². The fourth-order valence-corrected chi connectivity index (χ4v) is 3.61. The maximum atomic E-state index is 5.92. The smallest absolute Gasteiger partial charge is 0.217 e. The summed E-state index contributed by atoms with van der Waals surface area (Å²) in [4.78, 5) is 9.60. The normalized spacial score (nSPS) is 21.1. The number of aliphatic imine (C=N–C) groups is 2. The predicted molar refractivity (Wildman–Crippen MR) is 124 cm³/mol. The van der Waals surface area contributed by atoms with Gasteiger partial charge in [-0.2, -0.15) is 0 Å². The van der Waals surface area contributed by atoms with E-state index < -0.39 is 0 Å². The summed E-state index contributed by atoms with van der Waals surface area (Å²) in [6.45, 7) is 10.0. The summed E-state index contributed by atoms with van der Waals surface area (Å²) in [7, 11) is 0. The molecule has 2 atom stereocenters. The predicted octanol–water partition coefficient (Wildman–Crippen LogP) is 5.46. The molecule has 0 bridgehead atoms. The Kier molecular flexibility index (Phi) is 6.03. The molecular weight excluding hydrogens is 372 g/mol. The van der Waals surface area contributed by atoms with Crippen molar-refractivity contribution in [3.63, 3.8) is 0 Å². The van der Waals surface area contributed by atoms with Gasteiger partial charge in [-0.05, 0) is 35.1 Å². The van der Waals surface area contributed by atoms with E-state index in [0.29, 0.717) is 25.0 Å². The molecule has 2 heterocycles. The van der Waals surface area contributed by atoms with E-state index >= 15 is 0 Å². The number of ether oxygens (including phenoxy) is 2. The summed E-state index contributed by atoms with van der Waals surface area (Å²) in [6.07, 6.45) is 4.25. The monoisotopic (exact) mass is 402 g/mol. The molecule has 4 heteroatoms. The van der Waals surface area contributed by atoms with Crippen molar-refractivity contribution in [1.82, 2.24) is 0 Å². The topological polar surface area (TPSA) is 43.2 Å². The van der Waals surface area contributed by atoms with E-state index in [-0.39, 0.29) is 12.1 Å². The largest absolute Gasteiger partial charge is 0.475 e. The second kappa shape index (κ2) is 8.86. The van der Waals surface area contributed by atoms with Crippen molar-refractivity contribution in [3.05, 3.63) is 70.8 Å². The van der Waals surface area contributed by atoms with Gasteiger partial charge in [0.2, 0.25) is 11.8 Å². The first-order chi connectivity index (χ1) is 14.5. The molecule has 2 aliphatic rings. The lowest BCUT2D eigenvalue weighted by atomic mass is 10.0. The van der Waals surface area contributed by atoms with Crippen molar-refractivity contribution in [3.8, 4) is 0 Å². The molecule has 0 aromatic heterocycles. The van der Waals surface area contributed by atoms with Gasteiger partial charge in [0.15, 0.2) is 0 Å². The molecule has 4 rings (SSSR count). The van der Waals surface area contributed by atoms with E-state index in [9.17, 15) is 0 Å². The van der Waals surface area contributed by atoms with Gasteiger partial charge in [-0.15, -0.1) is 0 Å². The standard InChI is InChI=1S/C26H30N2O2/c1-17(2)23-15-29-25(27-23)21-11-7-5-9-19(21)13-14-20-10-6-8-12-22(20)26-28-24(16-30-26)18(3)4/h5-14,17-18,23-24H,15-16H2,1-4H3. The van der Waals surface area contributed by atoms with E-state index in [4.69, 9.17) is 19.5 Å². The van der Waals surface area contributed by atoms with Crippen molar-refractivity contribution >= 4 is 23.9 Å². The number of benzene rings is 2. The van der Waals surface area contributed by atoms with Crippen LogP contribution < -0.4 is 0 Å². The molecule has 0 amide bonds. The molecule has 0 aliphatic carbocycles. The molecule has 0 saturated carbocycles. The fourth-order valence-electron chi connectivity index (χ4n) is 3.61. The molecule has 2 aliphatic heterocycles. The molecule has 0 saturated heterocycles. The maximum absolute atomic E-state index is 5.92. The van der Waals surface area contributed by atoms with Gasteiger partial charge in [0.1, 0.15) is 13.2 Å². The number of hydrogen-bond donors (Lipinski definition) is 0. The third-order valence-corrected chi connectivity index (χ3v) is 5.71. The van der Waals surface area contributed by atoms with Crippen LogP contribution in [0.1, 0.15) is 49.9 Å². The van der Waals surface area contributed by atoms with Gasteiger partial charge in [-0.3, -0.25) is 0 Å². The van der Waals surface area contributed by atoms with Crippen LogP contribution in [0.2, 0.25) is 0 Å². The first-order valence-electron chi connectivity index (χ1n) is 10.8. The first kappa shape index (κ1) is 20.4. The van der Waals surface area contributed by atoms with Crippen LogP contribution in [0.15, 0.2) is 58.5 Å². The molecule has 0 fully saturated rings. The minimum atomic E-state index is 0.226. The Balaban J connectivity index is 1.62. The Labute approximate surface area is 179 Å². The van der Waals surface area contributed by atoms with Gasteiger partial charge in [0, 0.05) is 11.1 Å². The van der Waals surface area contributed by atoms with Crippen molar-refractivity contribution in [2.24, 2.45) is 21.8 Å². The highest BCUT2D eigenvalue weighted by molar-refractivity contribution is 6.01. The highest BCUT2D eigenvalue weighted by atomic mass is 16.5. The third-order valence-electron chi connectivity index (χ3n) is 5.71. The maximum Gasteiger partial charge on any atom is 0.217 e. The fraction of sp³-hybridized carbons (Fsp3) is 0.385. The third kappa shape index (κ3) is 4.33. The van der Waals surface area contributed by atoms with Crippen LogP contribution in [0.5, 0.6) is 0 Å². The second-order valence-electron chi connectivity index (χ2n) is 8.62. The van der Waals surface area contributed by atoms with Crippen LogP contribution in [0, 0.1) is 11.8 Å². The minimum Gasteiger partial charge on any atom is -0.475 e. The van der Waals surface area contributed by atoms with Crippen LogP contribution in [0.3, 0.4) is 0 Å². The highest BCUT2D eigenvalue weighted by Gasteiger charge is 2.25. The number of hydrogen-bond acceptors (Lipinski definition) is 4. The van der Waals surface area contributed by atoms with E-state index in [1.807, 2.05) is 24.3 Å². The van der Waals surface area contributed by atoms with Gasteiger partial charge < -0.3 is 9.47 Å². The zero-order valence-electron chi connectivity index (χ0n) is 18.2. The van der Waals surface area contributed by atoms with Gasteiger partial charge in [0.25, 0.3) is 0 Å². The van der Waals surface area contributed by atoms with Crippen LogP contribution >= 0.6 is 0 Å². The minimum absolute atomic E-state index is 0.226. The lowest BCUT2D eigenvalue weighted by Crippen LogP contribution is -2.13. The van der Waals surface area contributed by atoms with Crippen LogP contribution in [0.4, 0.5) is 0 Å². The summed E-state index contributed by atoms with van der Waals surface area (Å²) in [5.74, 6) is 2.42. The average Bonchev–Trinajstić information content (AvgIpc) is 3.43. The van der Waals surface area contributed by atoms with Crippen LogP contribution in [-0.2, 0) is 9.47 Å². The molecule has 0 N–H and O–H groups in total. The summed E-state index contributed by atoms with van der Waals surface area (Å²) < 4.78 is 11.8. The molecular formula is C26H30N2O2. The van der Waals surface area contributed by atoms with E-state index in [1.165, 1.54) is 0 Å². The molecule has 30 heavy (non-hydrogen) atoms. The summed E-state index contributed by atoms with van der Waals surface area (Å²) in [5, 5.41) is 0. The van der Waals surface area contributed by atoms with Crippen molar-refractivity contribution in [1.29, 1.82) is 0 Å². The molecule has 156 valence electrons. The molecule has 2 unspecified atom stereocenters. The van der Waals surface area contributed by atoms with E-state index in [2.05, 4.69) is 64.1 Å². The lowest BCUT2D eigenvalue weighted by molar-refractivity contribution is 0.291. The Bertz CT molecular complexity index is 909. The first-order valence-corrected chi connectivity index (χ1v) is 10.8. The van der Waals surface area contributed by atoms with Crippen LogP contribution in [0.25, 0.3) is 12.2 Å². The highest BCUT2D eigenvalue weighted by Crippen LogP contribution is 2.24. The quantitative estimate of drug-likeness (QED) is 0.602. The molecule has 2 aromatic carbocycles. The van der Waals surface area contributed by atoms with Gasteiger partial charge in [-0.1, -0.05) is 76.2 Å². The molecule has 0 spiro atoms. The van der Waals surface area contributed by atoms with E-state index in [1.54, 1.807) is 0 Å². The Morgan fingerprint density at radius 2 is 1.10 bits per heavy atom. The van der Waals surface area contributed by atoms with Crippen molar-refractivity contribution < 1.29 is 9.47 Å².